The Morgan fingerprint density at radius 2 is 2.09 bits per heavy atom. The second kappa shape index (κ2) is 6.05. The number of rotatable bonds is 4. The highest BCUT2D eigenvalue weighted by atomic mass is 32.2. The van der Waals surface area contributed by atoms with Crippen LogP contribution >= 0.6 is 0 Å². The van der Waals surface area contributed by atoms with Crippen molar-refractivity contribution in [3.63, 3.8) is 0 Å². The highest BCUT2D eigenvalue weighted by molar-refractivity contribution is 7.92. The molecule has 1 aliphatic rings. The van der Waals surface area contributed by atoms with Gasteiger partial charge < -0.3 is 4.74 Å². The van der Waals surface area contributed by atoms with Crippen molar-refractivity contribution < 1.29 is 13.2 Å². The topological polar surface area (TPSA) is 86.1 Å². The number of aryl methyl sites for hydroxylation is 1. The molecule has 1 N–H and O–H groups in total. The van der Waals surface area contributed by atoms with Crippen LogP contribution in [-0.4, -0.2) is 36.4 Å². The fraction of sp³-hybridized carbons (Fsp3) is 0.429. The van der Waals surface area contributed by atoms with Gasteiger partial charge in [-0.25, -0.2) is 8.42 Å². The maximum absolute atomic E-state index is 12.4. The SMILES string of the molecule is Cc1cnccc1NS(=O)(=O)c1cnn(C2CCOCC2)c1. The number of nitrogens with one attached hydrogen (secondary N) is 1. The van der Waals surface area contributed by atoms with Crippen LogP contribution < -0.4 is 4.72 Å². The van der Waals surface area contributed by atoms with Gasteiger partial charge in [0.15, 0.2) is 0 Å². The number of hydrogen-bond donors (Lipinski definition) is 1. The van der Waals surface area contributed by atoms with Crippen molar-refractivity contribution in [2.24, 2.45) is 0 Å². The zero-order valence-corrected chi connectivity index (χ0v) is 13.1. The summed E-state index contributed by atoms with van der Waals surface area (Å²) in [6, 6.07) is 1.83. The third-order valence-electron chi connectivity index (χ3n) is 3.72. The quantitative estimate of drug-likeness (QED) is 0.926. The molecule has 7 nitrogen and oxygen atoms in total. The van der Waals surface area contributed by atoms with Gasteiger partial charge in [0.25, 0.3) is 10.0 Å². The first-order valence-corrected chi connectivity index (χ1v) is 8.60. The van der Waals surface area contributed by atoms with Crippen molar-refractivity contribution in [1.29, 1.82) is 0 Å². The molecule has 2 aromatic rings. The Bertz CT molecular complexity index is 751. The lowest BCUT2D eigenvalue weighted by molar-refractivity contribution is 0.0662. The molecule has 8 heteroatoms. The lowest BCUT2D eigenvalue weighted by Gasteiger charge is -2.22. The molecule has 118 valence electrons. The van der Waals surface area contributed by atoms with E-state index in [1.807, 2.05) is 0 Å². The summed E-state index contributed by atoms with van der Waals surface area (Å²) >= 11 is 0. The fourth-order valence-electron chi connectivity index (χ4n) is 2.40. The summed E-state index contributed by atoms with van der Waals surface area (Å²) in [5.41, 5.74) is 1.29. The molecule has 0 amide bonds. The van der Waals surface area contributed by atoms with E-state index >= 15 is 0 Å². The molecular formula is C14H18N4O3S. The standard InChI is InChI=1S/C14H18N4O3S/c1-11-8-15-5-2-14(11)17-22(19,20)13-9-16-18(10-13)12-3-6-21-7-4-12/h2,5,8-10,12H,3-4,6-7H2,1H3,(H,15,17). The van der Waals surface area contributed by atoms with Crippen LogP contribution in [0, 0.1) is 6.92 Å². The van der Waals surface area contributed by atoms with Crippen molar-refractivity contribution in [2.45, 2.75) is 30.7 Å². The third kappa shape index (κ3) is 3.12. The van der Waals surface area contributed by atoms with E-state index < -0.39 is 10.0 Å². The summed E-state index contributed by atoms with van der Waals surface area (Å²) < 4.78 is 34.5. The summed E-state index contributed by atoms with van der Waals surface area (Å²) in [5, 5.41) is 4.20. The van der Waals surface area contributed by atoms with Crippen molar-refractivity contribution in [2.75, 3.05) is 17.9 Å². The van der Waals surface area contributed by atoms with Crippen molar-refractivity contribution in [1.82, 2.24) is 14.8 Å². The molecule has 2 aromatic heterocycles. The van der Waals surface area contributed by atoms with Gasteiger partial charge in [-0.3, -0.25) is 14.4 Å². The van der Waals surface area contributed by atoms with E-state index in [2.05, 4.69) is 14.8 Å². The van der Waals surface area contributed by atoms with Gasteiger partial charge in [0, 0.05) is 31.8 Å². The Hall–Kier alpha value is -1.93. The van der Waals surface area contributed by atoms with Crippen LogP contribution in [0.15, 0.2) is 35.7 Å². The molecule has 3 rings (SSSR count). The summed E-state index contributed by atoms with van der Waals surface area (Å²) in [7, 11) is -3.65. The summed E-state index contributed by atoms with van der Waals surface area (Å²) in [6.07, 6.45) is 7.82. The molecule has 0 unspecified atom stereocenters. The van der Waals surface area contributed by atoms with Gasteiger partial charge in [-0.15, -0.1) is 0 Å². The van der Waals surface area contributed by atoms with Crippen LogP contribution in [0.4, 0.5) is 5.69 Å². The molecule has 0 atom stereocenters. The molecule has 0 bridgehead atoms. The number of aromatic nitrogens is 3. The average molecular weight is 322 g/mol. The summed E-state index contributed by atoms with van der Waals surface area (Å²) in [4.78, 5) is 4.11. The Morgan fingerprint density at radius 1 is 1.32 bits per heavy atom. The number of ether oxygens (including phenoxy) is 1. The van der Waals surface area contributed by atoms with Crippen LogP contribution in [0.1, 0.15) is 24.4 Å². The van der Waals surface area contributed by atoms with Crippen molar-refractivity contribution in [3.8, 4) is 0 Å². The Balaban J connectivity index is 1.81. The van der Waals surface area contributed by atoms with E-state index in [4.69, 9.17) is 4.74 Å². The zero-order chi connectivity index (χ0) is 15.6. The molecule has 0 saturated carbocycles. The number of pyridine rings is 1. The first-order valence-electron chi connectivity index (χ1n) is 7.11. The van der Waals surface area contributed by atoms with E-state index in [1.54, 1.807) is 36.3 Å². The minimum atomic E-state index is -3.65. The van der Waals surface area contributed by atoms with E-state index in [0.29, 0.717) is 18.9 Å². The van der Waals surface area contributed by atoms with Gasteiger partial charge >= 0.3 is 0 Å². The van der Waals surface area contributed by atoms with Gasteiger partial charge in [-0.05, 0) is 31.4 Å². The smallest absolute Gasteiger partial charge is 0.265 e. The highest BCUT2D eigenvalue weighted by Gasteiger charge is 2.21. The predicted octanol–water partition coefficient (Wildman–Crippen LogP) is 1.74. The van der Waals surface area contributed by atoms with Crippen LogP contribution in [0.5, 0.6) is 0 Å². The molecule has 1 fully saturated rings. The highest BCUT2D eigenvalue weighted by Crippen LogP contribution is 2.23. The largest absolute Gasteiger partial charge is 0.381 e. The molecular weight excluding hydrogens is 304 g/mol. The molecule has 0 aromatic carbocycles. The minimum absolute atomic E-state index is 0.162. The number of nitrogens with zero attached hydrogens (tertiary/aromatic N) is 3. The molecule has 0 radical (unpaired) electrons. The minimum Gasteiger partial charge on any atom is -0.381 e. The summed E-state index contributed by atoms with van der Waals surface area (Å²) in [6.45, 7) is 3.17. The number of hydrogen-bond acceptors (Lipinski definition) is 5. The Labute approximate surface area is 129 Å². The molecule has 0 aliphatic carbocycles. The molecule has 0 spiro atoms. The monoisotopic (exact) mass is 322 g/mol. The molecule has 3 heterocycles. The normalized spacial score (nSPS) is 16.6. The van der Waals surface area contributed by atoms with Gasteiger partial charge in [-0.1, -0.05) is 0 Å². The Kier molecular flexibility index (Phi) is 4.12. The number of anilines is 1. The lowest BCUT2D eigenvalue weighted by Crippen LogP contribution is -2.20. The maximum Gasteiger partial charge on any atom is 0.265 e. The van der Waals surface area contributed by atoms with Gasteiger partial charge in [0.2, 0.25) is 0 Å². The van der Waals surface area contributed by atoms with Gasteiger partial charge in [0.05, 0.1) is 17.9 Å². The first-order chi connectivity index (χ1) is 10.6. The van der Waals surface area contributed by atoms with Crippen LogP contribution in [0.25, 0.3) is 0 Å². The predicted molar refractivity (Wildman–Crippen MR) is 81.1 cm³/mol. The van der Waals surface area contributed by atoms with Crippen LogP contribution in [0.2, 0.25) is 0 Å². The van der Waals surface area contributed by atoms with Crippen molar-refractivity contribution in [3.05, 3.63) is 36.4 Å². The lowest BCUT2D eigenvalue weighted by atomic mass is 10.1. The Morgan fingerprint density at radius 3 is 2.82 bits per heavy atom. The maximum atomic E-state index is 12.4. The van der Waals surface area contributed by atoms with E-state index in [-0.39, 0.29) is 10.9 Å². The van der Waals surface area contributed by atoms with Crippen LogP contribution in [-0.2, 0) is 14.8 Å². The van der Waals surface area contributed by atoms with E-state index in [9.17, 15) is 8.42 Å². The molecule has 1 saturated heterocycles. The van der Waals surface area contributed by atoms with E-state index in [0.717, 1.165) is 18.4 Å². The summed E-state index contributed by atoms with van der Waals surface area (Å²) in [5.74, 6) is 0. The second-order valence-electron chi connectivity index (χ2n) is 5.30. The number of sulfonamides is 1. The first kappa shape index (κ1) is 15.0. The van der Waals surface area contributed by atoms with Gasteiger partial charge in [0.1, 0.15) is 4.90 Å². The fourth-order valence-corrected chi connectivity index (χ4v) is 3.47. The van der Waals surface area contributed by atoms with Crippen LogP contribution in [0.3, 0.4) is 0 Å². The van der Waals surface area contributed by atoms with E-state index in [1.165, 1.54) is 6.20 Å². The molecule has 1 aliphatic heterocycles. The average Bonchev–Trinajstić information content (AvgIpc) is 3.01. The zero-order valence-electron chi connectivity index (χ0n) is 12.3. The van der Waals surface area contributed by atoms with Crippen molar-refractivity contribution >= 4 is 15.7 Å². The second-order valence-corrected chi connectivity index (χ2v) is 6.98. The molecule has 22 heavy (non-hydrogen) atoms. The third-order valence-corrected chi connectivity index (χ3v) is 5.04. The van der Waals surface area contributed by atoms with Gasteiger partial charge in [-0.2, -0.15) is 5.10 Å².